The summed E-state index contributed by atoms with van der Waals surface area (Å²) in [5.41, 5.74) is 2.41. The molecule has 1 saturated carbocycles. The van der Waals surface area contributed by atoms with Crippen molar-refractivity contribution in [2.24, 2.45) is 23.7 Å². The molecule has 0 amide bonds. The van der Waals surface area contributed by atoms with E-state index in [0.29, 0.717) is 5.92 Å². The molecule has 1 heterocycles. The summed E-state index contributed by atoms with van der Waals surface area (Å²) in [6, 6.07) is 0. The van der Waals surface area contributed by atoms with Crippen molar-refractivity contribution in [3.05, 3.63) is 23.8 Å². The van der Waals surface area contributed by atoms with Crippen LogP contribution in [0.4, 0.5) is 0 Å². The van der Waals surface area contributed by atoms with Gasteiger partial charge in [0.1, 0.15) is 6.10 Å². The maximum absolute atomic E-state index is 11.8. The van der Waals surface area contributed by atoms with Crippen LogP contribution in [-0.2, 0) is 9.53 Å². The lowest BCUT2D eigenvalue weighted by molar-refractivity contribution is -0.145. The Balaban J connectivity index is 2.05. The van der Waals surface area contributed by atoms with E-state index in [-0.39, 0.29) is 29.8 Å². The molecule has 0 bridgehead atoms. The quantitative estimate of drug-likeness (QED) is 0.527. The largest absolute Gasteiger partial charge is 0.461 e. The molecular formula is C15H20O3. The van der Waals surface area contributed by atoms with Gasteiger partial charge in [-0.2, -0.15) is 0 Å². The van der Waals surface area contributed by atoms with Crippen LogP contribution in [0, 0.1) is 23.7 Å². The molecule has 2 fully saturated rings. The van der Waals surface area contributed by atoms with E-state index >= 15 is 0 Å². The van der Waals surface area contributed by atoms with Gasteiger partial charge in [-0.15, -0.1) is 0 Å². The van der Waals surface area contributed by atoms with Crippen LogP contribution in [0.15, 0.2) is 23.8 Å². The van der Waals surface area contributed by atoms with E-state index < -0.39 is 6.10 Å². The van der Waals surface area contributed by atoms with Crippen molar-refractivity contribution in [3.63, 3.8) is 0 Å². The van der Waals surface area contributed by atoms with Crippen LogP contribution >= 0.6 is 0 Å². The number of hydrogen-bond acceptors (Lipinski definition) is 3. The number of carbonyl (C=O) groups is 1. The molecule has 6 unspecified atom stereocenters. The van der Waals surface area contributed by atoms with Crippen molar-refractivity contribution in [1.29, 1.82) is 0 Å². The van der Waals surface area contributed by atoms with E-state index in [4.69, 9.17) is 4.74 Å². The van der Waals surface area contributed by atoms with Gasteiger partial charge in [-0.1, -0.05) is 30.7 Å². The minimum atomic E-state index is -0.574. The fourth-order valence-electron chi connectivity index (χ4n) is 4.01. The molecule has 18 heavy (non-hydrogen) atoms. The monoisotopic (exact) mass is 248 g/mol. The molecule has 1 aliphatic heterocycles. The molecule has 0 aromatic rings. The summed E-state index contributed by atoms with van der Waals surface area (Å²) in [7, 11) is 0. The summed E-state index contributed by atoms with van der Waals surface area (Å²) < 4.78 is 5.57. The molecule has 0 radical (unpaired) electrons. The first kappa shape index (κ1) is 12.0. The highest BCUT2D eigenvalue weighted by atomic mass is 16.6. The third-order valence-electron chi connectivity index (χ3n) is 5.03. The number of ether oxygens (including phenoxy) is 1. The molecule has 3 rings (SSSR count). The highest BCUT2D eigenvalue weighted by Gasteiger charge is 2.53. The van der Waals surface area contributed by atoms with E-state index in [1.54, 1.807) is 0 Å². The average molecular weight is 248 g/mol. The number of aliphatic hydroxyl groups is 1. The van der Waals surface area contributed by atoms with Crippen LogP contribution in [0.25, 0.3) is 0 Å². The minimum Gasteiger partial charge on any atom is -0.461 e. The van der Waals surface area contributed by atoms with Crippen molar-refractivity contribution in [3.8, 4) is 0 Å². The Morgan fingerprint density at radius 3 is 2.94 bits per heavy atom. The molecule has 3 nitrogen and oxygen atoms in total. The van der Waals surface area contributed by atoms with Crippen LogP contribution in [0.5, 0.6) is 0 Å². The van der Waals surface area contributed by atoms with Crippen LogP contribution in [0.3, 0.4) is 0 Å². The Bertz CT molecular complexity index is 437. The molecule has 0 spiro atoms. The Morgan fingerprint density at radius 2 is 2.22 bits per heavy atom. The summed E-state index contributed by atoms with van der Waals surface area (Å²) >= 11 is 0. The van der Waals surface area contributed by atoms with Gasteiger partial charge in [0, 0.05) is 11.8 Å². The summed E-state index contributed by atoms with van der Waals surface area (Å²) in [6.45, 7) is 8.08. The average Bonchev–Trinajstić information content (AvgIpc) is 2.77. The summed E-state index contributed by atoms with van der Waals surface area (Å²) in [4.78, 5) is 11.8. The zero-order valence-electron chi connectivity index (χ0n) is 10.9. The molecule has 3 aliphatic rings. The predicted octanol–water partition coefficient (Wildman–Crippen LogP) is 2.07. The molecule has 1 N–H and O–H groups in total. The van der Waals surface area contributed by atoms with Crippen LogP contribution < -0.4 is 0 Å². The lowest BCUT2D eigenvalue weighted by atomic mass is 9.78. The Hall–Kier alpha value is -1.09. The molecule has 98 valence electrons. The highest BCUT2D eigenvalue weighted by molar-refractivity contribution is 5.75. The standard InChI is InChI=1S/C15H20O3/c1-7-4-5-10-8(2)6-11(16)13-9(3)15(17)18-14(13)12(7)10/h6,9-14,16H,1,4-5H2,2-3H3. The Morgan fingerprint density at radius 1 is 1.50 bits per heavy atom. The predicted molar refractivity (Wildman–Crippen MR) is 67.7 cm³/mol. The molecule has 3 heteroatoms. The number of fused-ring (bicyclic) bond motifs is 3. The van der Waals surface area contributed by atoms with Gasteiger partial charge < -0.3 is 9.84 Å². The molecule has 6 atom stereocenters. The summed E-state index contributed by atoms with van der Waals surface area (Å²) in [5, 5.41) is 10.3. The maximum Gasteiger partial charge on any atom is 0.309 e. The highest BCUT2D eigenvalue weighted by Crippen LogP contribution is 2.50. The number of rotatable bonds is 0. The number of esters is 1. The van der Waals surface area contributed by atoms with E-state index in [2.05, 4.69) is 13.5 Å². The van der Waals surface area contributed by atoms with Gasteiger partial charge in [0.25, 0.3) is 0 Å². The van der Waals surface area contributed by atoms with Gasteiger partial charge in [-0.05, 0) is 25.7 Å². The van der Waals surface area contributed by atoms with Crippen LogP contribution in [0.1, 0.15) is 26.7 Å². The molecule has 1 saturated heterocycles. The second-order valence-corrected chi connectivity index (χ2v) is 6.00. The van der Waals surface area contributed by atoms with Crippen molar-refractivity contribution in [1.82, 2.24) is 0 Å². The van der Waals surface area contributed by atoms with Gasteiger partial charge in [0.2, 0.25) is 0 Å². The van der Waals surface area contributed by atoms with Crippen molar-refractivity contribution in [2.75, 3.05) is 0 Å². The Labute approximate surface area is 108 Å². The van der Waals surface area contributed by atoms with Crippen LogP contribution in [-0.4, -0.2) is 23.3 Å². The molecule has 2 aliphatic carbocycles. The number of aliphatic hydroxyl groups excluding tert-OH is 1. The second kappa shape index (κ2) is 3.95. The van der Waals surface area contributed by atoms with Gasteiger partial charge in [-0.25, -0.2) is 0 Å². The zero-order chi connectivity index (χ0) is 13.0. The van der Waals surface area contributed by atoms with Crippen molar-refractivity contribution >= 4 is 5.97 Å². The van der Waals surface area contributed by atoms with E-state index in [1.807, 2.05) is 13.0 Å². The lowest BCUT2D eigenvalue weighted by Gasteiger charge is -2.28. The van der Waals surface area contributed by atoms with Gasteiger partial charge >= 0.3 is 5.97 Å². The van der Waals surface area contributed by atoms with E-state index in [1.165, 1.54) is 11.1 Å². The fraction of sp³-hybridized carbons (Fsp3) is 0.667. The number of carbonyl (C=O) groups excluding carboxylic acids is 1. The topological polar surface area (TPSA) is 46.5 Å². The van der Waals surface area contributed by atoms with Crippen LogP contribution in [0.2, 0.25) is 0 Å². The van der Waals surface area contributed by atoms with E-state index in [9.17, 15) is 9.90 Å². The minimum absolute atomic E-state index is 0.114. The molecular weight excluding hydrogens is 228 g/mol. The third kappa shape index (κ3) is 1.50. The Kier molecular flexibility index (Phi) is 2.63. The number of allylic oxidation sites excluding steroid dienone is 1. The maximum atomic E-state index is 11.8. The summed E-state index contributed by atoms with van der Waals surface area (Å²) in [5.74, 6) is 0.0894. The first-order valence-electron chi connectivity index (χ1n) is 6.75. The normalized spacial score (nSPS) is 47.2. The second-order valence-electron chi connectivity index (χ2n) is 6.00. The van der Waals surface area contributed by atoms with Gasteiger partial charge in [-0.3, -0.25) is 4.79 Å². The summed E-state index contributed by atoms with van der Waals surface area (Å²) in [6.07, 6.45) is 3.24. The van der Waals surface area contributed by atoms with Crippen molar-refractivity contribution < 1.29 is 14.6 Å². The number of hydrogen-bond donors (Lipinski definition) is 1. The lowest BCUT2D eigenvalue weighted by Crippen LogP contribution is -2.35. The molecule has 0 aromatic heterocycles. The molecule has 0 aromatic carbocycles. The van der Waals surface area contributed by atoms with Gasteiger partial charge in [0.05, 0.1) is 12.0 Å². The smallest absolute Gasteiger partial charge is 0.309 e. The third-order valence-corrected chi connectivity index (χ3v) is 5.03. The van der Waals surface area contributed by atoms with Gasteiger partial charge in [0.15, 0.2) is 0 Å². The first-order chi connectivity index (χ1) is 8.50. The first-order valence-corrected chi connectivity index (χ1v) is 6.75. The SMILES string of the molecule is C=C1CCC2C(C)=CC(O)C3C(C)C(=O)OC3C12. The zero-order valence-corrected chi connectivity index (χ0v) is 10.9. The fourth-order valence-corrected chi connectivity index (χ4v) is 4.01. The van der Waals surface area contributed by atoms with E-state index in [0.717, 1.165) is 12.8 Å². The van der Waals surface area contributed by atoms with Crippen molar-refractivity contribution in [2.45, 2.75) is 38.9 Å².